The minimum Gasteiger partial charge on any atom is -0.494 e. The fourth-order valence-corrected chi connectivity index (χ4v) is 1.84. The molecule has 0 aliphatic rings. The molecule has 0 radical (unpaired) electrons. The van der Waals surface area contributed by atoms with E-state index in [-0.39, 0.29) is 17.6 Å². The summed E-state index contributed by atoms with van der Waals surface area (Å²) in [6.45, 7) is 3.70. The van der Waals surface area contributed by atoms with Crippen LogP contribution in [0.25, 0.3) is 0 Å². The SMILES string of the molecule is C=CCCCC(NC)c1ccc(OC)c(F)c1. The van der Waals surface area contributed by atoms with Crippen molar-refractivity contribution in [1.29, 1.82) is 0 Å². The number of ether oxygens (including phenoxy) is 1. The number of benzene rings is 1. The molecule has 0 bridgehead atoms. The van der Waals surface area contributed by atoms with Crippen LogP contribution >= 0.6 is 0 Å². The van der Waals surface area contributed by atoms with Gasteiger partial charge in [0.15, 0.2) is 11.6 Å². The summed E-state index contributed by atoms with van der Waals surface area (Å²) in [5.41, 5.74) is 0.954. The van der Waals surface area contributed by atoms with E-state index in [1.54, 1.807) is 6.07 Å². The van der Waals surface area contributed by atoms with E-state index < -0.39 is 0 Å². The van der Waals surface area contributed by atoms with E-state index >= 15 is 0 Å². The second-order valence-electron chi connectivity index (χ2n) is 3.95. The van der Waals surface area contributed by atoms with Gasteiger partial charge in [0, 0.05) is 6.04 Å². The fraction of sp³-hybridized carbons (Fsp3) is 0.429. The van der Waals surface area contributed by atoms with Gasteiger partial charge >= 0.3 is 0 Å². The molecule has 1 aromatic carbocycles. The van der Waals surface area contributed by atoms with Gasteiger partial charge in [0.25, 0.3) is 0 Å². The second-order valence-corrected chi connectivity index (χ2v) is 3.95. The van der Waals surface area contributed by atoms with Crippen LogP contribution in [0.5, 0.6) is 5.75 Å². The Morgan fingerprint density at radius 1 is 1.53 bits per heavy atom. The van der Waals surface area contributed by atoms with Gasteiger partial charge in [0.2, 0.25) is 0 Å². The maximum absolute atomic E-state index is 13.6. The lowest BCUT2D eigenvalue weighted by Gasteiger charge is -2.17. The number of rotatable bonds is 7. The molecule has 0 amide bonds. The molecule has 3 heteroatoms. The zero-order valence-corrected chi connectivity index (χ0v) is 10.5. The topological polar surface area (TPSA) is 21.3 Å². The smallest absolute Gasteiger partial charge is 0.165 e. The van der Waals surface area contributed by atoms with Crippen LogP contribution in [0, 0.1) is 5.82 Å². The average Bonchev–Trinajstić information content (AvgIpc) is 2.35. The quantitative estimate of drug-likeness (QED) is 0.579. The normalized spacial score (nSPS) is 12.2. The van der Waals surface area contributed by atoms with Crippen molar-refractivity contribution < 1.29 is 9.13 Å². The standard InChI is InChI=1S/C14H20FNO/c1-4-5-6-7-13(16-2)11-8-9-14(17-3)12(15)10-11/h4,8-10,13,16H,1,5-7H2,2-3H3. The van der Waals surface area contributed by atoms with Crippen molar-refractivity contribution in [2.45, 2.75) is 25.3 Å². The first kappa shape index (κ1) is 13.7. The highest BCUT2D eigenvalue weighted by Crippen LogP contribution is 2.24. The van der Waals surface area contributed by atoms with Crippen molar-refractivity contribution in [3.8, 4) is 5.75 Å². The lowest BCUT2D eigenvalue weighted by Crippen LogP contribution is -2.16. The summed E-state index contributed by atoms with van der Waals surface area (Å²) in [5, 5.41) is 3.20. The summed E-state index contributed by atoms with van der Waals surface area (Å²) in [7, 11) is 3.36. The Bertz CT molecular complexity index is 365. The fourth-order valence-electron chi connectivity index (χ4n) is 1.84. The lowest BCUT2D eigenvalue weighted by molar-refractivity contribution is 0.385. The zero-order valence-electron chi connectivity index (χ0n) is 10.5. The van der Waals surface area contributed by atoms with E-state index in [9.17, 15) is 4.39 Å². The van der Waals surface area contributed by atoms with Gasteiger partial charge in [-0.1, -0.05) is 12.1 Å². The van der Waals surface area contributed by atoms with Crippen molar-refractivity contribution in [2.75, 3.05) is 14.2 Å². The third kappa shape index (κ3) is 3.86. The minimum atomic E-state index is -0.311. The molecule has 1 aromatic rings. The molecule has 1 N–H and O–H groups in total. The largest absolute Gasteiger partial charge is 0.494 e. The molecule has 0 heterocycles. The van der Waals surface area contributed by atoms with E-state index in [4.69, 9.17) is 4.74 Å². The van der Waals surface area contributed by atoms with Gasteiger partial charge in [-0.25, -0.2) is 4.39 Å². The third-order valence-electron chi connectivity index (χ3n) is 2.83. The summed E-state index contributed by atoms with van der Waals surface area (Å²) < 4.78 is 18.5. The number of allylic oxidation sites excluding steroid dienone is 1. The van der Waals surface area contributed by atoms with Crippen LogP contribution in [0.4, 0.5) is 4.39 Å². The Hall–Kier alpha value is -1.35. The van der Waals surface area contributed by atoms with Crippen molar-refractivity contribution in [3.05, 3.63) is 42.2 Å². The van der Waals surface area contributed by atoms with Gasteiger partial charge in [-0.05, 0) is 44.0 Å². The van der Waals surface area contributed by atoms with Gasteiger partial charge in [0.05, 0.1) is 7.11 Å². The number of methoxy groups -OCH3 is 1. The molecule has 17 heavy (non-hydrogen) atoms. The summed E-state index contributed by atoms with van der Waals surface area (Å²) >= 11 is 0. The molecule has 0 spiro atoms. The average molecular weight is 237 g/mol. The van der Waals surface area contributed by atoms with E-state index in [1.165, 1.54) is 13.2 Å². The molecular formula is C14H20FNO. The van der Waals surface area contributed by atoms with Crippen molar-refractivity contribution in [3.63, 3.8) is 0 Å². The minimum absolute atomic E-state index is 0.176. The highest BCUT2D eigenvalue weighted by atomic mass is 19.1. The van der Waals surface area contributed by atoms with Gasteiger partial charge in [0.1, 0.15) is 0 Å². The maximum Gasteiger partial charge on any atom is 0.165 e. The Labute approximate surface area is 102 Å². The highest BCUT2D eigenvalue weighted by molar-refractivity contribution is 5.31. The zero-order chi connectivity index (χ0) is 12.7. The van der Waals surface area contributed by atoms with E-state index in [1.807, 2.05) is 19.2 Å². The maximum atomic E-state index is 13.6. The highest BCUT2D eigenvalue weighted by Gasteiger charge is 2.11. The van der Waals surface area contributed by atoms with Crippen LogP contribution in [-0.2, 0) is 0 Å². The first-order valence-corrected chi connectivity index (χ1v) is 5.84. The summed E-state index contributed by atoms with van der Waals surface area (Å²) in [5.74, 6) is -0.0244. The summed E-state index contributed by atoms with van der Waals surface area (Å²) in [6.07, 6.45) is 4.90. The molecule has 2 nitrogen and oxygen atoms in total. The number of nitrogens with one attached hydrogen (secondary N) is 1. The summed E-state index contributed by atoms with van der Waals surface area (Å²) in [6, 6.07) is 5.28. The lowest BCUT2D eigenvalue weighted by atomic mass is 10.0. The van der Waals surface area contributed by atoms with Gasteiger partial charge in [-0.3, -0.25) is 0 Å². The van der Waals surface area contributed by atoms with Crippen LogP contribution in [-0.4, -0.2) is 14.2 Å². The monoisotopic (exact) mass is 237 g/mol. The number of hydrogen-bond acceptors (Lipinski definition) is 2. The predicted molar refractivity (Wildman–Crippen MR) is 68.8 cm³/mol. The van der Waals surface area contributed by atoms with E-state index in [2.05, 4.69) is 11.9 Å². The van der Waals surface area contributed by atoms with Crippen molar-refractivity contribution in [2.24, 2.45) is 0 Å². The van der Waals surface area contributed by atoms with Crippen LogP contribution in [0.2, 0.25) is 0 Å². The molecule has 0 aliphatic heterocycles. The van der Waals surface area contributed by atoms with Crippen molar-refractivity contribution >= 4 is 0 Å². The Balaban J connectivity index is 2.74. The van der Waals surface area contributed by atoms with Crippen molar-refractivity contribution in [1.82, 2.24) is 5.32 Å². The number of unbranched alkanes of at least 4 members (excludes halogenated alkanes) is 1. The van der Waals surface area contributed by atoms with Gasteiger partial charge in [-0.15, -0.1) is 6.58 Å². The number of halogens is 1. The Morgan fingerprint density at radius 2 is 2.29 bits per heavy atom. The molecule has 0 saturated heterocycles. The van der Waals surface area contributed by atoms with E-state index in [0.717, 1.165) is 24.8 Å². The van der Waals surface area contributed by atoms with Gasteiger partial charge < -0.3 is 10.1 Å². The molecule has 0 aliphatic carbocycles. The molecular weight excluding hydrogens is 217 g/mol. The second kappa shape index (κ2) is 7.07. The number of hydrogen-bond donors (Lipinski definition) is 1. The third-order valence-corrected chi connectivity index (χ3v) is 2.83. The first-order chi connectivity index (χ1) is 8.22. The van der Waals surface area contributed by atoms with Crippen LogP contribution < -0.4 is 10.1 Å². The molecule has 0 fully saturated rings. The molecule has 0 saturated carbocycles. The predicted octanol–water partition coefficient (Wildman–Crippen LogP) is 3.45. The molecule has 1 rings (SSSR count). The Kier molecular flexibility index (Phi) is 5.70. The summed E-state index contributed by atoms with van der Waals surface area (Å²) in [4.78, 5) is 0. The molecule has 1 unspecified atom stereocenters. The first-order valence-electron chi connectivity index (χ1n) is 5.84. The molecule has 0 aromatic heterocycles. The Morgan fingerprint density at radius 3 is 2.82 bits per heavy atom. The van der Waals surface area contributed by atoms with Crippen LogP contribution in [0.15, 0.2) is 30.9 Å². The van der Waals surface area contributed by atoms with Crippen LogP contribution in [0.3, 0.4) is 0 Å². The van der Waals surface area contributed by atoms with E-state index in [0.29, 0.717) is 0 Å². The molecule has 1 atom stereocenters. The molecule has 94 valence electrons. The van der Waals surface area contributed by atoms with Gasteiger partial charge in [-0.2, -0.15) is 0 Å². The van der Waals surface area contributed by atoms with Crippen LogP contribution in [0.1, 0.15) is 30.9 Å².